The van der Waals surface area contributed by atoms with Gasteiger partial charge in [0, 0.05) is 0 Å². The molecule has 0 fully saturated rings. The third-order valence-electron chi connectivity index (χ3n) is 2.07. The topological polar surface area (TPSA) is 55.2 Å². The Morgan fingerprint density at radius 2 is 2.00 bits per heavy atom. The number of nitro groups is 1. The first-order valence-electron chi connectivity index (χ1n) is 4.68. The molecule has 1 aromatic carbocycles. The first-order chi connectivity index (χ1) is 8.65. The van der Waals surface area contributed by atoms with Gasteiger partial charge in [-0.3, -0.25) is 10.1 Å². The predicted octanol–water partition coefficient (Wildman–Crippen LogP) is 3.70. The third kappa shape index (κ3) is 3.66. The van der Waals surface area contributed by atoms with Crippen molar-refractivity contribution >= 4 is 23.0 Å². The first-order valence-corrected chi connectivity index (χ1v) is 5.06. The molecule has 0 unspecified atom stereocenters. The molecule has 10 heteroatoms. The van der Waals surface area contributed by atoms with Crippen LogP contribution in [0.25, 0.3) is 0 Å². The van der Waals surface area contributed by atoms with E-state index in [1.165, 1.54) is 0 Å². The van der Waals surface area contributed by atoms with E-state index in [0.717, 1.165) is 0 Å². The molecule has 0 bridgehead atoms. The van der Waals surface area contributed by atoms with Gasteiger partial charge in [-0.15, -0.1) is 0 Å². The largest absolute Gasteiger partial charge is 0.373 e. The Morgan fingerprint density at radius 1 is 1.42 bits per heavy atom. The van der Waals surface area contributed by atoms with Crippen molar-refractivity contribution in [1.29, 1.82) is 0 Å². The van der Waals surface area contributed by atoms with E-state index in [-0.39, 0.29) is 0 Å². The van der Waals surface area contributed by atoms with Gasteiger partial charge in [-0.2, -0.15) is 8.78 Å². The number of anilines is 1. The number of rotatable bonds is 5. The lowest BCUT2D eigenvalue weighted by Gasteiger charge is -2.16. The Hall–Kier alpha value is -1.64. The van der Waals surface area contributed by atoms with Gasteiger partial charge >= 0.3 is 12.3 Å². The van der Waals surface area contributed by atoms with E-state index in [1.54, 1.807) is 5.32 Å². The van der Waals surface area contributed by atoms with Crippen LogP contribution in [0, 0.1) is 15.9 Å². The molecule has 106 valence electrons. The fourth-order valence-corrected chi connectivity index (χ4v) is 1.28. The first kappa shape index (κ1) is 15.4. The minimum Gasteiger partial charge on any atom is -0.373 e. The summed E-state index contributed by atoms with van der Waals surface area (Å²) < 4.78 is 62.1. The highest BCUT2D eigenvalue weighted by atomic mass is 35.5. The van der Waals surface area contributed by atoms with E-state index in [4.69, 9.17) is 11.6 Å². The standard InChI is InChI=1S/C9H6ClF5N2O2/c10-4-1-6(7(17(18)19)2-5(4)11)16-3-9(14,15)8(12)13/h1-2,8,16H,3H2. The summed E-state index contributed by atoms with van der Waals surface area (Å²) in [6.07, 6.45) is -3.94. The normalized spacial score (nSPS) is 11.7. The van der Waals surface area contributed by atoms with E-state index in [0.29, 0.717) is 12.1 Å². The molecule has 0 aliphatic rings. The maximum absolute atomic E-state index is 13.0. The van der Waals surface area contributed by atoms with Crippen LogP contribution >= 0.6 is 11.6 Å². The number of nitro benzene ring substituents is 1. The molecule has 0 heterocycles. The van der Waals surface area contributed by atoms with Crippen molar-refractivity contribution < 1.29 is 26.9 Å². The van der Waals surface area contributed by atoms with Crippen molar-refractivity contribution in [1.82, 2.24) is 0 Å². The number of benzene rings is 1. The van der Waals surface area contributed by atoms with Crippen LogP contribution in [0.15, 0.2) is 12.1 Å². The summed E-state index contributed by atoms with van der Waals surface area (Å²) in [6.45, 7) is -1.55. The van der Waals surface area contributed by atoms with Crippen LogP contribution in [-0.4, -0.2) is 23.8 Å². The SMILES string of the molecule is O=[N+]([O-])c1cc(F)c(Cl)cc1NCC(F)(F)C(F)F. The van der Waals surface area contributed by atoms with Gasteiger partial charge in [0.25, 0.3) is 5.69 Å². The van der Waals surface area contributed by atoms with E-state index in [9.17, 15) is 32.1 Å². The van der Waals surface area contributed by atoms with Gasteiger partial charge in [-0.1, -0.05) is 11.6 Å². The second-order valence-corrected chi connectivity index (χ2v) is 3.86. The van der Waals surface area contributed by atoms with Crippen molar-refractivity contribution in [2.45, 2.75) is 12.3 Å². The van der Waals surface area contributed by atoms with Crippen LogP contribution in [0.1, 0.15) is 0 Å². The molecule has 1 aromatic rings. The second-order valence-electron chi connectivity index (χ2n) is 3.46. The van der Waals surface area contributed by atoms with Crippen LogP contribution in [0.4, 0.5) is 33.3 Å². The summed E-state index contributed by atoms with van der Waals surface area (Å²) in [4.78, 5) is 9.51. The zero-order chi connectivity index (χ0) is 14.8. The van der Waals surface area contributed by atoms with Gasteiger partial charge in [-0.25, -0.2) is 13.2 Å². The quantitative estimate of drug-likeness (QED) is 0.512. The van der Waals surface area contributed by atoms with Crippen LogP contribution in [0.2, 0.25) is 5.02 Å². The molecule has 0 aliphatic carbocycles. The van der Waals surface area contributed by atoms with Crippen LogP contribution in [0.3, 0.4) is 0 Å². The number of hydrogen-bond donors (Lipinski definition) is 1. The Morgan fingerprint density at radius 3 is 2.47 bits per heavy atom. The van der Waals surface area contributed by atoms with Crippen molar-refractivity contribution in [3.8, 4) is 0 Å². The molecule has 0 radical (unpaired) electrons. The summed E-state index contributed by atoms with van der Waals surface area (Å²) in [5.41, 5.74) is -1.45. The fourth-order valence-electron chi connectivity index (χ4n) is 1.12. The Bertz CT molecular complexity index is 498. The maximum Gasteiger partial charge on any atom is 0.324 e. The molecule has 4 nitrogen and oxygen atoms in total. The van der Waals surface area contributed by atoms with E-state index in [2.05, 4.69) is 0 Å². The molecule has 0 aliphatic heterocycles. The fraction of sp³-hybridized carbons (Fsp3) is 0.333. The Balaban J connectivity index is 3.01. The minimum atomic E-state index is -4.38. The van der Waals surface area contributed by atoms with Crippen LogP contribution in [-0.2, 0) is 0 Å². The van der Waals surface area contributed by atoms with E-state index < -0.39 is 46.0 Å². The smallest absolute Gasteiger partial charge is 0.324 e. The van der Waals surface area contributed by atoms with Gasteiger partial charge in [0.1, 0.15) is 11.5 Å². The lowest BCUT2D eigenvalue weighted by atomic mass is 10.2. The zero-order valence-corrected chi connectivity index (χ0v) is 9.73. The molecular formula is C9H6ClF5N2O2. The average Bonchev–Trinajstić information content (AvgIpc) is 2.29. The van der Waals surface area contributed by atoms with Crippen LogP contribution in [0.5, 0.6) is 0 Å². The minimum absolute atomic E-state index is 0.408. The summed E-state index contributed by atoms with van der Waals surface area (Å²) >= 11 is 5.33. The van der Waals surface area contributed by atoms with Crippen molar-refractivity contribution in [3.05, 3.63) is 33.1 Å². The third-order valence-corrected chi connectivity index (χ3v) is 2.36. The lowest BCUT2D eigenvalue weighted by Crippen LogP contribution is -2.34. The van der Waals surface area contributed by atoms with Crippen molar-refractivity contribution in [2.75, 3.05) is 11.9 Å². The second kappa shape index (κ2) is 5.55. The molecule has 0 amide bonds. The number of halogens is 6. The van der Waals surface area contributed by atoms with E-state index in [1.807, 2.05) is 0 Å². The molecule has 0 spiro atoms. The highest BCUT2D eigenvalue weighted by Gasteiger charge is 2.40. The molecule has 1 rings (SSSR count). The zero-order valence-electron chi connectivity index (χ0n) is 8.97. The summed E-state index contributed by atoms with van der Waals surface area (Å²) in [5, 5.41) is 11.8. The summed E-state index contributed by atoms with van der Waals surface area (Å²) in [7, 11) is 0. The highest BCUT2D eigenvalue weighted by molar-refractivity contribution is 6.31. The molecule has 0 aromatic heterocycles. The summed E-state index contributed by atoms with van der Waals surface area (Å²) in [5.74, 6) is -5.51. The van der Waals surface area contributed by atoms with Crippen LogP contribution < -0.4 is 5.32 Å². The summed E-state index contributed by atoms with van der Waals surface area (Å²) in [6, 6.07) is 1.09. The van der Waals surface area contributed by atoms with Gasteiger partial charge in [0.15, 0.2) is 0 Å². The predicted molar refractivity (Wildman–Crippen MR) is 57.5 cm³/mol. The van der Waals surface area contributed by atoms with Crippen molar-refractivity contribution in [3.63, 3.8) is 0 Å². The van der Waals surface area contributed by atoms with Gasteiger partial charge < -0.3 is 5.32 Å². The Kier molecular flexibility index (Phi) is 4.51. The number of hydrogen-bond acceptors (Lipinski definition) is 3. The average molecular weight is 305 g/mol. The molecular weight excluding hydrogens is 299 g/mol. The molecule has 0 saturated heterocycles. The number of nitrogens with zero attached hydrogens (tertiary/aromatic N) is 1. The molecule has 19 heavy (non-hydrogen) atoms. The molecule has 1 N–H and O–H groups in total. The van der Waals surface area contributed by atoms with Gasteiger partial charge in [0.05, 0.1) is 22.6 Å². The van der Waals surface area contributed by atoms with Gasteiger partial charge in [0.2, 0.25) is 0 Å². The number of alkyl halides is 4. The number of nitrogens with one attached hydrogen (secondary N) is 1. The molecule has 0 saturated carbocycles. The maximum atomic E-state index is 13.0. The van der Waals surface area contributed by atoms with Crippen molar-refractivity contribution in [2.24, 2.45) is 0 Å². The Labute approximate surface area is 108 Å². The van der Waals surface area contributed by atoms with Gasteiger partial charge in [-0.05, 0) is 6.07 Å². The monoisotopic (exact) mass is 304 g/mol. The molecule has 0 atom stereocenters. The van der Waals surface area contributed by atoms with E-state index >= 15 is 0 Å². The highest BCUT2D eigenvalue weighted by Crippen LogP contribution is 2.32. The lowest BCUT2D eigenvalue weighted by molar-refractivity contribution is -0.384.